The summed E-state index contributed by atoms with van der Waals surface area (Å²) in [4.78, 5) is 0. The van der Waals surface area contributed by atoms with Crippen LogP contribution in [-0.2, 0) is 4.74 Å². The third-order valence-electron chi connectivity index (χ3n) is 2.03. The molecule has 0 aromatic heterocycles. The van der Waals surface area contributed by atoms with Crippen LogP contribution in [0.1, 0.15) is 15.2 Å². The molecule has 52 valence electrons. The SMILES string of the molecule is [3H][C@@H]1O[C@H](C=C)[C@@H](C)[C@H]1C. The summed E-state index contributed by atoms with van der Waals surface area (Å²) in [6.07, 6.45) is 1.88. The first-order chi connectivity index (χ1) is 4.66. The Hall–Kier alpha value is -0.300. The smallest absolute Gasteiger partial charge is 0.0782 e. The minimum absolute atomic E-state index is 0.0949. The van der Waals surface area contributed by atoms with Gasteiger partial charge < -0.3 is 4.74 Å². The monoisotopic (exact) mass is 128 g/mol. The molecule has 0 N–H and O–H groups in total. The first-order valence-electron chi connectivity index (χ1n) is 3.95. The third kappa shape index (κ3) is 1.16. The van der Waals surface area contributed by atoms with Gasteiger partial charge in [0, 0.05) is 0 Å². The van der Waals surface area contributed by atoms with E-state index in [9.17, 15) is 0 Å². The summed E-state index contributed by atoms with van der Waals surface area (Å²) >= 11 is 0. The van der Waals surface area contributed by atoms with Gasteiger partial charge in [-0.25, -0.2) is 0 Å². The van der Waals surface area contributed by atoms with Gasteiger partial charge in [0.2, 0.25) is 0 Å². The van der Waals surface area contributed by atoms with Crippen molar-refractivity contribution in [3.05, 3.63) is 12.7 Å². The van der Waals surface area contributed by atoms with Crippen LogP contribution in [0.4, 0.5) is 0 Å². The first-order valence-corrected chi connectivity index (χ1v) is 3.37. The van der Waals surface area contributed by atoms with E-state index in [4.69, 9.17) is 6.11 Å². The van der Waals surface area contributed by atoms with Gasteiger partial charge in [-0.05, 0) is 11.8 Å². The predicted molar refractivity (Wildman–Crippen MR) is 38.3 cm³/mol. The molecule has 1 aliphatic rings. The van der Waals surface area contributed by atoms with E-state index in [1.54, 1.807) is 6.08 Å². The number of hydrogen-bond acceptors (Lipinski definition) is 1. The largest absolute Gasteiger partial charge is 0.374 e. The second kappa shape index (κ2) is 2.53. The molecule has 1 fully saturated rings. The molecule has 0 saturated carbocycles. The van der Waals surface area contributed by atoms with Crippen LogP contribution in [0.2, 0.25) is 0 Å². The van der Waals surface area contributed by atoms with Crippen molar-refractivity contribution in [2.24, 2.45) is 11.8 Å². The topological polar surface area (TPSA) is 9.23 Å². The van der Waals surface area contributed by atoms with Gasteiger partial charge in [-0.1, -0.05) is 19.9 Å². The normalized spacial score (nSPS) is 52.9. The Labute approximate surface area is 58.1 Å². The zero-order valence-electron chi connectivity index (χ0n) is 7.00. The lowest BCUT2D eigenvalue weighted by Crippen LogP contribution is -2.12. The predicted octanol–water partition coefficient (Wildman–Crippen LogP) is 1.84. The van der Waals surface area contributed by atoms with E-state index in [0.717, 1.165) is 0 Å². The molecule has 1 rings (SSSR count). The average Bonchev–Trinajstić information content (AvgIpc) is 2.17. The Balaban J connectivity index is 2.61. The highest BCUT2D eigenvalue weighted by molar-refractivity contribution is 4.90. The average molecular weight is 128 g/mol. The number of rotatable bonds is 1. The highest BCUT2D eigenvalue weighted by atomic mass is 16.5. The number of ether oxygens (including phenoxy) is 1. The van der Waals surface area contributed by atoms with Crippen LogP contribution >= 0.6 is 0 Å². The second-order valence-corrected chi connectivity index (χ2v) is 2.69. The molecule has 1 heterocycles. The minimum Gasteiger partial charge on any atom is -0.374 e. The lowest BCUT2D eigenvalue weighted by Gasteiger charge is -2.10. The fraction of sp³-hybridized carbons (Fsp3) is 0.750. The maximum Gasteiger partial charge on any atom is 0.0782 e. The van der Waals surface area contributed by atoms with Crippen LogP contribution in [0.5, 0.6) is 0 Å². The fourth-order valence-corrected chi connectivity index (χ4v) is 1.03. The Morgan fingerprint density at radius 3 is 2.67 bits per heavy atom. The van der Waals surface area contributed by atoms with Crippen molar-refractivity contribution in [2.75, 3.05) is 6.58 Å². The summed E-state index contributed by atoms with van der Waals surface area (Å²) in [6, 6.07) is 0. The van der Waals surface area contributed by atoms with Crippen LogP contribution in [0.15, 0.2) is 12.7 Å². The molecular weight excluding hydrogens is 112 g/mol. The van der Waals surface area contributed by atoms with Crippen LogP contribution < -0.4 is 0 Å². The fourth-order valence-electron chi connectivity index (χ4n) is 1.03. The molecule has 0 aromatic rings. The molecule has 4 atom stereocenters. The minimum atomic E-state index is -0.349. The maximum absolute atomic E-state index is 7.43. The van der Waals surface area contributed by atoms with Crippen molar-refractivity contribution in [2.45, 2.75) is 20.0 Å². The van der Waals surface area contributed by atoms with Gasteiger partial charge in [0.05, 0.1) is 14.1 Å². The molecule has 0 radical (unpaired) electrons. The van der Waals surface area contributed by atoms with Crippen molar-refractivity contribution in [1.29, 1.82) is 0 Å². The summed E-state index contributed by atoms with van der Waals surface area (Å²) in [5.74, 6) is 0.781. The van der Waals surface area contributed by atoms with Crippen molar-refractivity contribution in [3.63, 3.8) is 0 Å². The summed E-state index contributed by atoms with van der Waals surface area (Å²) in [5, 5.41) is 0. The Bertz CT molecular complexity index is 135. The van der Waals surface area contributed by atoms with E-state index in [0.29, 0.717) is 11.8 Å². The van der Waals surface area contributed by atoms with Gasteiger partial charge in [-0.2, -0.15) is 0 Å². The highest BCUT2D eigenvalue weighted by Gasteiger charge is 2.27. The molecule has 0 amide bonds. The van der Waals surface area contributed by atoms with E-state index in [-0.39, 0.29) is 12.7 Å². The van der Waals surface area contributed by atoms with Crippen molar-refractivity contribution in [3.8, 4) is 0 Å². The molecule has 1 saturated heterocycles. The molecular formula is C8H14O. The van der Waals surface area contributed by atoms with E-state index >= 15 is 0 Å². The van der Waals surface area contributed by atoms with E-state index in [1.807, 2.05) is 6.92 Å². The quantitative estimate of drug-likeness (QED) is 0.490. The molecule has 1 nitrogen and oxygen atoms in total. The van der Waals surface area contributed by atoms with Gasteiger partial charge in [-0.15, -0.1) is 6.58 Å². The van der Waals surface area contributed by atoms with Gasteiger partial charge in [0.15, 0.2) is 0 Å². The van der Waals surface area contributed by atoms with Crippen LogP contribution in [0.25, 0.3) is 0 Å². The summed E-state index contributed by atoms with van der Waals surface area (Å²) < 4.78 is 12.7. The zero-order valence-corrected chi connectivity index (χ0v) is 6.00. The van der Waals surface area contributed by atoms with Crippen molar-refractivity contribution < 1.29 is 6.11 Å². The Morgan fingerprint density at radius 2 is 2.44 bits per heavy atom. The molecule has 9 heavy (non-hydrogen) atoms. The second-order valence-electron chi connectivity index (χ2n) is 2.69. The van der Waals surface area contributed by atoms with Crippen LogP contribution in [-0.4, -0.2) is 12.7 Å². The first kappa shape index (κ1) is 5.48. The van der Waals surface area contributed by atoms with E-state index in [2.05, 4.69) is 13.5 Å². The lowest BCUT2D eigenvalue weighted by molar-refractivity contribution is 0.129. The molecule has 1 heteroatoms. The van der Waals surface area contributed by atoms with Gasteiger partial charge >= 0.3 is 0 Å². The summed E-state index contributed by atoms with van der Waals surface area (Å²) in [7, 11) is 0. The Kier molecular flexibility index (Phi) is 1.54. The summed E-state index contributed by atoms with van der Waals surface area (Å²) in [6.45, 7) is 7.45. The molecule has 0 aliphatic carbocycles. The van der Waals surface area contributed by atoms with E-state index in [1.165, 1.54) is 0 Å². The van der Waals surface area contributed by atoms with Gasteiger partial charge in [0.1, 0.15) is 0 Å². The highest BCUT2D eigenvalue weighted by Crippen LogP contribution is 2.26. The molecule has 0 aromatic carbocycles. The van der Waals surface area contributed by atoms with E-state index < -0.39 is 0 Å². The van der Waals surface area contributed by atoms with Crippen molar-refractivity contribution >= 4 is 0 Å². The van der Waals surface area contributed by atoms with Gasteiger partial charge in [-0.3, -0.25) is 0 Å². The summed E-state index contributed by atoms with van der Waals surface area (Å²) in [5.41, 5.74) is 0. The van der Waals surface area contributed by atoms with Gasteiger partial charge in [0.25, 0.3) is 0 Å². The lowest BCUT2D eigenvalue weighted by atomic mass is 9.95. The molecule has 0 bridgehead atoms. The van der Waals surface area contributed by atoms with Crippen LogP contribution in [0, 0.1) is 11.8 Å². The molecule has 0 unspecified atom stereocenters. The maximum atomic E-state index is 7.43. The van der Waals surface area contributed by atoms with Crippen LogP contribution in [0.3, 0.4) is 0 Å². The number of hydrogen-bond donors (Lipinski definition) is 0. The standard InChI is InChI=1S/C8H14O/c1-4-8-7(3)6(2)5-9-8/h4,6-8H,1,5H2,2-3H3/t6-,7-,8+/m0/s1/i5T/t5-,6-,7-,8+. The van der Waals surface area contributed by atoms with Crippen molar-refractivity contribution in [1.82, 2.24) is 0 Å². The zero-order chi connectivity index (χ0) is 7.72. The molecule has 1 aliphatic heterocycles. The Morgan fingerprint density at radius 1 is 1.78 bits per heavy atom. The third-order valence-corrected chi connectivity index (χ3v) is 2.03. The molecule has 0 spiro atoms.